The first-order valence-corrected chi connectivity index (χ1v) is 12.2. The maximum Gasteiger partial charge on any atom is 0.259 e. The molecule has 0 aliphatic carbocycles. The number of amides is 1. The number of nitrogens with zero attached hydrogens (tertiary/aromatic N) is 1. The van der Waals surface area contributed by atoms with Crippen LogP contribution in [0, 0.1) is 13.8 Å². The second-order valence-electron chi connectivity index (χ2n) is 7.55. The Kier molecular flexibility index (Phi) is 7.21. The van der Waals surface area contributed by atoms with Gasteiger partial charge in [0.05, 0.1) is 17.6 Å². The molecule has 0 atom stereocenters. The average molecular weight is 495 g/mol. The van der Waals surface area contributed by atoms with Gasteiger partial charge in [-0.25, -0.2) is 8.42 Å². The number of ether oxygens (including phenoxy) is 1. The van der Waals surface area contributed by atoms with E-state index >= 15 is 0 Å². The van der Waals surface area contributed by atoms with Crippen molar-refractivity contribution in [2.75, 3.05) is 25.5 Å². The van der Waals surface area contributed by atoms with Crippen LogP contribution in [0.2, 0.25) is 0 Å². The van der Waals surface area contributed by atoms with Gasteiger partial charge in [0.15, 0.2) is 0 Å². The number of rotatable bonds is 5. The summed E-state index contributed by atoms with van der Waals surface area (Å²) < 4.78 is 34.1. The fourth-order valence-corrected chi connectivity index (χ4v) is 5.98. The smallest absolute Gasteiger partial charge is 0.259 e. The molecule has 1 saturated heterocycles. The van der Waals surface area contributed by atoms with Gasteiger partial charge in [-0.3, -0.25) is 4.79 Å². The summed E-state index contributed by atoms with van der Waals surface area (Å²) in [4.78, 5) is 13.2. The number of carbonyl (C=O) groups excluding carboxylic acids is 1. The molecule has 0 bridgehead atoms. The Morgan fingerprint density at radius 1 is 1.03 bits per heavy atom. The molecule has 1 aliphatic rings. The number of halogens is 1. The molecule has 162 valence electrons. The number of methoxy groups -OCH3 is 1. The summed E-state index contributed by atoms with van der Waals surface area (Å²) >= 11 is 3.45. The summed E-state index contributed by atoms with van der Waals surface area (Å²) in [6, 6.07) is 8.30. The van der Waals surface area contributed by atoms with E-state index in [0.717, 1.165) is 41.3 Å². The molecular weight excluding hydrogens is 468 g/mol. The molecule has 1 aliphatic heterocycles. The molecule has 2 aromatic rings. The lowest BCUT2D eigenvalue weighted by Crippen LogP contribution is -2.32. The summed E-state index contributed by atoms with van der Waals surface area (Å²) in [7, 11) is -2.21. The van der Waals surface area contributed by atoms with Crippen molar-refractivity contribution in [3.63, 3.8) is 0 Å². The SMILES string of the molecule is COc1ccc(S(=O)(=O)N2CCCCCC2)cc1C(=O)Nc1c(C)cc(Br)cc1C. The summed E-state index contributed by atoms with van der Waals surface area (Å²) in [6.45, 7) is 4.83. The highest BCUT2D eigenvalue weighted by Gasteiger charge is 2.27. The summed E-state index contributed by atoms with van der Waals surface area (Å²) in [5.74, 6) is -0.0805. The molecule has 1 amide bonds. The fourth-order valence-electron chi connectivity index (χ4n) is 3.74. The average Bonchev–Trinajstić information content (AvgIpc) is 3.00. The van der Waals surface area contributed by atoms with Crippen molar-refractivity contribution in [1.29, 1.82) is 0 Å². The van der Waals surface area contributed by atoms with Gasteiger partial charge in [-0.05, 0) is 68.1 Å². The minimum atomic E-state index is -3.67. The maximum atomic E-state index is 13.2. The van der Waals surface area contributed by atoms with E-state index in [4.69, 9.17) is 4.74 Å². The van der Waals surface area contributed by atoms with Crippen LogP contribution >= 0.6 is 15.9 Å². The van der Waals surface area contributed by atoms with E-state index in [1.807, 2.05) is 26.0 Å². The van der Waals surface area contributed by atoms with Gasteiger partial charge in [-0.15, -0.1) is 0 Å². The third kappa shape index (κ3) is 4.87. The minimum Gasteiger partial charge on any atom is -0.496 e. The first-order valence-electron chi connectivity index (χ1n) is 10.0. The van der Waals surface area contributed by atoms with E-state index in [9.17, 15) is 13.2 Å². The molecule has 0 spiro atoms. The Bertz CT molecular complexity index is 1020. The van der Waals surface area contributed by atoms with E-state index in [-0.39, 0.29) is 10.5 Å². The standard InChI is InChI=1S/C22H27BrN2O4S/c1-15-12-17(23)13-16(2)21(15)24-22(26)19-14-18(8-9-20(19)29-3)30(27,28)25-10-6-4-5-7-11-25/h8-9,12-14H,4-7,10-11H2,1-3H3,(H,24,26). The first-order chi connectivity index (χ1) is 14.2. The molecule has 8 heteroatoms. The Morgan fingerprint density at radius 3 is 2.20 bits per heavy atom. The zero-order valence-electron chi connectivity index (χ0n) is 17.5. The van der Waals surface area contributed by atoms with Crippen LogP contribution in [0.5, 0.6) is 5.75 Å². The summed E-state index contributed by atoms with van der Waals surface area (Å²) in [5, 5.41) is 2.92. The molecule has 0 unspecified atom stereocenters. The molecule has 0 saturated carbocycles. The zero-order valence-corrected chi connectivity index (χ0v) is 19.9. The predicted octanol–water partition coefficient (Wildman–Crippen LogP) is 4.89. The van der Waals surface area contributed by atoms with Crippen LogP contribution in [0.1, 0.15) is 47.2 Å². The highest BCUT2D eigenvalue weighted by molar-refractivity contribution is 9.10. The van der Waals surface area contributed by atoms with Crippen LogP contribution in [0.4, 0.5) is 5.69 Å². The van der Waals surface area contributed by atoms with Crippen molar-refractivity contribution in [1.82, 2.24) is 4.31 Å². The molecule has 1 fully saturated rings. The molecule has 2 aromatic carbocycles. The number of aryl methyl sites for hydroxylation is 2. The summed E-state index contributed by atoms with van der Waals surface area (Å²) in [6.07, 6.45) is 3.78. The van der Waals surface area contributed by atoms with Crippen molar-refractivity contribution in [3.8, 4) is 5.75 Å². The molecule has 0 aromatic heterocycles. The van der Waals surface area contributed by atoms with Gasteiger partial charge in [0.25, 0.3) is 5.91 Å². The van der Waals surface area contributed by atoms with Crippen LogP contribution in [0.15, 0.2) is 39.7 Å². The number of nitrogens with one attached hydrogen (secondary N) is 1. The van der Waals surface area contributed by atoms with Crippen LogP contribution < -0.4 is 10.1 Å². The molecule has 1 heterocycles. The predicted molar refractivity (Wildman–Crippen MR) is 122 cm³/mol. The quantitative estimate of drug-likeness (QED) is 0.641. The highest BCUT2D eigenvalue weighted by atomic mass is 79.9. The van der Waals surface area contributed by atoms with E-state index in [2.05, 4.69) is 21.2 Å². The van der Waals surface area contributed by atoms with Crippen molar-refractivity contribution in [2.24, 2.45) is 0 Å². The molecular formula is C22H27BrN2O4S. The maximum absolute atomic E-state index is 13.2. The van der Waals surface area contributed by atoms with Gasteiger partial charge in [0.1, 0.15) is 5.75 Å². The van der Waals surface area contributed by atoms with Crippen molar-refractivity contribution in [3.05, 3.63) is 51.5 Å². The van der Waals surface area contributed by atoms with Crippen LogP contribution in [0.25, 0.3) is 0 Å². The Morgan fingerprint density at radius 2 is 1.63 bits per heavy atom. The monoisotopic (exact) mass is 494 g/mol. The number of benzene rings is 2. The molecule has 0 radical (unpaired) electrons. The van der Waals surface area contributed by atoms with Gasteiger partial charge in [-0.2, -0.15) is 4.31 Å². The lowest BCUT2D eigenvalue weighted by atomic mass is 10.1. The zero-order chi connectivity index (χ0) is 21.9. The van der Waals surface area contributed by atoms with E-state index < -0.39 is 15.9 Å². The van der Waals surface area contributed by atoms with Crippen LogP contribution in [0.3, 0.4) is 0 Å². The molecule has 3 rings (SSSR count). The van der Waals surface area contributed by atoms with Crippen molar-refractivity contribution in [2.45, 2.75) is 44.4 Å². The third-order valence-corrected chi connectivity index (χ3v) is 7.71. The second-order valence-corrected chi connectivity index (χ2v) is 10.4. The third-order valence-electron chi connectivity index (χ3n) is 5.35. The molecule has 6 nitrogen and oxygen atoms in total. The van der Waals surface area contributed by atoms with Gasteiger partial charge < -0.3 is 10.1 Å². The number of carbonyl (C=O) groups is 1. The largest absolute Gasteiger partial charge is 0.496 e. The van der Waals surface area contributed by atoms with Crippen LogP contribution in [-0.2, 0) is 10.0 Å². The first kappa shape index (κ1) is 22.8. The fraction of sp³-hybridized carbons (Fsp3) is 0.409. The summed E-state index contributed by atoms with van der Waals surface area (Å²) in [5.41, 5.74) is 2.70. The Labute approximate surface area is 186 Å². The number of sulfonamides is 1. The van der Waals surface area contributed by atoms with Crippen LogP contribution in [-0.4, -0.2) is 38.8 Å². The van der Waals surface area contributed by atoms with Gasteiger partial charge in [0.2, 0.25) is 10.0 Å². The number of anilines is 1. The minimum absolute atomic E-state index is 0.111. The van der Waals surface area contributed by atoms with Gasteiger partial charge in [-0.1, -0.05) is 28.8 Å². The van der Waals surface area contributed by atoms with Crippen molar-refractivity contribution >= 4 is 37.5 Å². The number of hydrogen-bond acceptors (Lipinski definition) is 4. The van der Waals surface area contributed by atoms with Gasteiger partial charge in [0, 0.05) is 23.2 Å². The molecule has 30 heavy (non-hydrogen) atoms. The Hall–Kier alpha value is -1.90. The second kappa shape index (κ2) is 9.49. The molecule has 1 N–H and O–H groups in total. The van der Waals surface area contributed by atoms with E-state index in [1.54, 1.807) is 6.07 Å². The van der Waals surface area contributed by atoms with Gasteiger partial charge >= 0.3 is 0 Å². The van der Waals surface area contributed by atoms with E-state index in [1.165, 1.54) is 23.5 Å². The normalized spacial score (nSPS) is 15.5. The highest BCUT2D eigenvalue weighted by Crippen LogP contribution is 2.29. The number of hydrogen-bond donors (Lipinski definition) is 1. The van der Waals surface area contributed by atoms with E-state index in [0.29, 0.717) is 24.5 Å². The van der Waals surface area contributed by atoms with Crippen molar-refractivity contribution < 1.29 is 17.9 Å². The topological polar surface area (TPSA) is 75.7 Å². The Balaban J connectivity index is 1.96. The lowest BCUT2D eigenvalue weighted by molar-refractivity contribution is 0.102. The lowest BCUT2D eigenvalue weighted by Gasteiger charge is -2.21.